The van der Waals surface area contributed by atoms with E-state index in [4.69, 9.17) is 4.74 Å². The molecule has 0 aliphatic heterocycles. The van der Waals surface area contributed by atoms with Crippen molar-refractivity contribution in [3.63, 3.8) is 0 Å². The number of nitro groups is 1. The van der Waals surface area contributed by atoms with Gasteiger partial charge in [0.05, 0.1) is 11.5 Å². The highest BCUT2D eigenvalue weighted by Crippen LogP contribution is 2.13. The van der Waals surface area contributed by atoms with Gasteiger partial charge in [0, 0.05) is 31.9 Å². The van der Waals surface area contributed by atoms with Gasteiger partial charge in [0.1, 0.15) is 0 Å². The standard InChI is InChI=1S/C12H14N2O4/c1-18-8-7-13-12(15)6-5-10-3-2-4-11(9-10)14(16)17/h2-6,9H,7-8H2,1H3,(H,13,15). The lowest BCUT2D eigenvalue weighted by Crippen LogP contribution is -2.24. The third-order valence-electron chi connectivity index (χ3n) is 2.11. The molecular weight excluding hydrogens is 236 g/mol. The van der Waals surface area contributed by atoms with E-state index < -0.39 is 4.92 Å². The molecule has 1 N–H and O–H groups in total. The van der Waals surface area contributed by atoms with Crippen molar-refractivity contribution < 1.29 is 14.5 Å². The minimum Gasteiger partial charge on any atom is -0.383 e. The summed E-state index contributed by atoms with van der Waals surface area (Å²) in [5.41, 5.74) is 0.600. The maximum absolute atomic E-state index is 11.3. The minimum absolute atomic E-state index is 0.00283. The lowest BCUT2D eigenvalue weighted by molar-refractivity contribution is -0.384. The molecule has 1 aromatic carbocycles. The first-order chi connectivity index (χ1) is 8.63. The molecular formula is C12H14N2O4. The van der Waals surface area contributed by atoms with Crippen molar-refractivity contribution in [2.45, 2.75) is 0 Å². The van der Waals surface area contributed by atoms with Crippen molar-refractivity contribution in [3.8, 4) is 0 Å². The van der Waals surface area contributed by atoms with Crippen LogP contribution < -0.4 is 5.32 Å². The van der Waals surface area contributed by atoms with E-state index in [-0.39, 0.29) is 11.6 Å². The molecule has 0 radical (unpaired) electrons. The predicted octanol–water partition coefficient (Wildman–Crippen LogP) is 1.37. The van der Waals surface area contributed by atoms with E-state index in [0.717, 1.165) is 0 Å². The molecule has 0 atom stereocenters. The predicted molar refractivity (Wildman–Crippen MR) is 67.0 cm³/mol. The highest BCUT2D eigenvalue weighted by molar-refractivity contribution is 5.91. The number of benzene rings is 1. The Kier molecular flexibility index (Phi) is 5.53. The molecule has 0 aliphatic carbocycles. The number of rotatable bonds is 6. The van der Waals surface area contributed by atoms with Gasteiger partial charge in [-0.3, -0.25) is 14.9 Å². The molecule has 1 amide bonds. The minimum atomic E-state index is -0.476. The van der Waals surface area contributed by atoms with Gasteiger partial charge in [0.15, 0.2) is 0 Å². The molecule has 0 aliphatic rings. The molecule has 0 saturated heterocycles. The molecule has 1 rings (SSSR count). The van der Waals surface area contributed by atoms with E-state index in [0.29, 0.717) is 18.7 Å². The van der Waals surface area contributed by atoms with E-state index in [1.54, 1.807) is 19.2 Å². The van der Waals surface area contributed by atoms with Gasteiger partial charge >= 0.3 is 0 Å². The summed E-state index contributed by atoms with van der Waals surface area (Å²) in [4.78, 5) is 21.4. The van der Waals surface area contributed by atoms with Crippen LogP contribution in [-0.4, -0.2) is 31.1 Å². The molecule has 0 saturated carbocycles. The first-order valence-corrected chi connectivity index (χ1v) is 5.33. The highest BCUT2D eigenvalue weighted by atomic mass is 16.6. The van der Waals surface area contributed by atoms with Crippen LogP contribution in [0.1, 0.15) is 5.56 Å². The van der Waals surface area contributed by atoms with Crippen molar-refractivity contribution in [2.24, 2.45) is 0 Å². The van der Waals surface area contributed by atoms with Crippen LogP contribution >= 0.6 is 0 Å². The molecule has 0 aromatic heterocycles. The average Bonchev–Trinajstić information content (AvgIpc) is 2.37. The van der Waals surface area contributed by atoms with Crippen molar-refractivity contribution >= 4 is 17.7 Å². The smallest absolute Gasteiger partial charge is 0.270 e. The Bertz CT molecular complexity index is 457. The third kappa shape index (κ3) is 4.75. The Balaban J connectivity index is 2.58. The van der Waals surface area contributed by atoms with Crippen LogP contribution in [-0.2, 0) is 9.53 Å². The number of hydrogen-bond acceptors (Lipinski definition) is 4. The van der Waals surface area contributed by atoms with E-state index in [2.05, 4.69) is 5.32 Å². The van der Waals surface area contributed by atoms with Crippen molar-refractivity contribution in [1.29, 1.82) is 0 Å². The van der Waals surface area contributed by atoms with Gasteiger partial charge in [-0.25, -0.2) is 0 Å². The van der Waals surface area contributed by atoms with Gasteiger partial charge in [-0.1, -0.05) is 12.1 Å². The molecule has 96 valence electrons. The molecule has 6 heteroatoms. The Morgan fingerprint density at radius 2 is 2.33 bits per heavy atom. The number of carbonyl (C=O) groups is 1. The van der Waals surface area contributed by atoms with E-state index >= 15 is 0 Å². The second kappa shape index (κ2) is 7.18. The SMILES string of the molecule is COCCNC(=O)C=Cc1cccc([N+](=O)[O-])c1. The summed E-state index contributed by atoms with van der Waals surface area (Å²) in [6.45, 7) is 0.866. The quantitative estimate of drug-likeness (QED) is 0.358. The monoisotopic (exact) mass is 250 g/mol. The number of hydrogen-bond donors (Lipinski definition) is 1. The lowest BCUT2D eigenvalue weighted by Gasteiger charge is -1.99. The number of amides is 1. The first kappa shape index (κ1) is 13.9. The summed E-state index contributed by atoms with van der Waals surface area (Å²) < 4.78 is 4.78. The number of methoxy groups -OCH3 is 1. The third-order valence-corrected chi connectivity index (χ3v) is 2.11. The summed E-state index contributed by atoms with van der Waals surface area (Å²) in [5.74, 6) is -0.265. The fourth-order valence-electron chi connectivity index (χ4n) is 1.25. The molecule has 18 heavy (non-hydrogen) atoms. The molecule has 0 unspecified atom stereocenters. The van der Waals surface area contributed by atoms with Gasteiger partial charge in [-0.15, -0.1) is 0 Å². The van der Waals surface area contributed by atoms with Crippen molar-refractivity contribution in [2.75, 3.05) is 20.3 Å². The van der Waals surface area contributed by atoms with E-state index in [1.165, 1.54) is 24.3 Å². The summed E-state index contributed by atoms with van der Waals surface area (Å²) in [5, 5.41) is 13.2. The van der Waals surface area contributed by atoms with Crippen LogP contribution in [0.15, 0.2) is 30.3 Å². The first-order valence-electron chi connectivity index (χ1n) is 5.33. The number of nitrogens with one attached hydrogen (secondary N) is 1. The van der Waals surface area contributed by atoms with Crippen LogP contribution in [0.3, 0.4) is 0 Å². The summed E-state index contributed by atoms with van der Waals surface area (Å²) >= 11 is 0. The lowest BCUT2D eigenvalue weighted by atomic mass is 10.2. The van der Waals surface area contributed by atoms with Gasteiger partial charge in [0.2, 0.25) is 5.91 Å². The van der Waals surface area contributed by atoms with Crippen LogP contribution in [0.25, 0.3) is 6.08 Å². The summed E-state index contributed by atoms with van der Waals surface area (Å²) in [6.07, 6.45) is 2.85. The zero-order valence-corrected chi connectivity index (χ0v) is 9.96. The zero-order chi connectivity index (χ0) is 13.4. The second-order valence-electron chi connectivity index (χ2n) is 3.47. The number of nitro benzene ring substituents is 1. The average molecular weight is 250 g/mol. The molecule has 1 aromatic rings. The van der Waals surface area contributed by atoms with E-state index in [1.807, 2.05) is 0 Å². The number of ether oxygens (including phenoxy) is 1. The Morgan fingerprint density at radius 3 is 3.00 bits per heavy atom. The molecule has 0 fully saturated rings. The molecule has 6 nitrogen and oxygen atoms in total. The Hall–Kier alpha value is -2.21. The molecule has 0 bridgehead atoms. The summed E-state index contributed by atoms with van der Waals surface area (Å²) in [6, 6.07) is 6.06. The summed E-state index contributed by atoms with van der Waals surface area (Å²) in [7, 11) is 1.55. The topological polar surface area (TPSA) is 81.5 Å². The number of nitrogens with zero attached hydrogens (tertiary/aromatic N) is 1. The van der Waals surface area contributed by atoms with E-state index in [9.17, 15) is 14.9 Å². The second-order valence-corrected chi connectivity index (χ2v) is 3.47. The van der Waals surface area contributed by atoms with Gasteiger partial charge < -0.3 is 10.1 Å². The maximum atomic E-state index is 11.3. The van der Waals surface area contributed by atoms with Crippen LogP contribution in [0.2, 0.25) is 0 Å². The Labute approximate surface area is 104 Å². The number of non-ortho nitro benzene ring substituents is 1. The van der Waals surface area contributed by atoms with Gasteiger partial charge in [0.25, 0.3) is 5.69 Å². The normalized spacial score (nSPS) is 10.5. The fraction of sp³-hybridized carbons (Fsp3) is 0.250. The number of carbonyl (C=O) groups excluding carboxylic acids is 1. The van der Waals surface area contributed by atoms with Crippen LogP contribution in [0.5, 0.6) is 0 Å². The molecule has 0 spiro atoms. The van der Waals surface area contributed by atoms with Gasteiger partial charge in [-0.2, -0.15) is 0 Å². The van der Waals surface area contributed by atoms with Crippen LogP contribution in [0, 0.1) is 10.1 Å². The van der Waals surface area contributed by atoms with Crippen molar-refractivity contribution in [1.82, 2.24) is 5.32 Å². The molecule has 0 heterocycles. The fourth-order valence-corrected chi connectivity index (χ4v) is 1.25. The van der Waals surface area contributed by atoms with Crippen LogP contribution in [0.4, 0.5) is 5.69 Å². The Morgan fingerprint density at radius 1 is 1.56 bits per heavy atom. The van der Waals surface area contributed by atoms with Gasteiger partial charge in [-0.05, 0) is 11.6 Å². The highest BCUT2D eigenvalue weighted by Gasteiger charge is 2.03. The maximum Gasteiger partial charge on any atom is 0.270 e. The largest absolute Gasteiger partial charge is 0.383 e. The zero-order valence-electron chi connectivity index (χ0n) is 9.96. The van der Waals surface area contributed by atoms with Crippen molar-refractivity contribution in [3.05, 3.63) is 46.0 Å².